The van der Waals surface area contributed by atoms with Crippen molar-refractivity contribution in [2.45, 2.75) is 133 Å². The molecule has 0 amide bonds. The van der Waals surface area contributed by atoms with Gasteiger partial charge in [-0.25, -0.2) is 18.4 Å². The fourth-order valence-corrected chi connectivity index (χ4v) is 7.10. The van der Waals surface area contributed by atoms with Gasteiger partial charge in [0.15, 0.2) is 10.8 Å². The number of alkyl halides is 1. The molecule has 16 heteroatoms. The summed E-state index contributed by atoms with van der Waals surface area (Å²) in [6, 6.07) is 23.7. The number of benzene rings is 3. The van der Waals surface area contributed by atoms with E-state index in [0.717, 1.165) is 47.3 Å². The molecule has 3 aromatic heterocycles. The molecule has 0 aliphatic carbocycles. The van der Waals surface area contributed by atoms with Crippen LogP contribution in [0.25, 0.3) is 12.2 Å². The molecule has 0 spiro atoms. The number of hydrogen-bond donors (Lipinski definition) is 0. The van der Waals surface area contributed by atoms with E-state index in [2.05, 4.69) is 65.0 Å². The van der Waals surface area contributed by atoms with Gasteiger partial charge in [0.25, 0.3) is 16.7 Å². The molecule has 6 rings (SSSR count). The van der Waals surface area contributed by atoms with Gasteiger partial charge >= 0.3 is 0 Å². The number of halogens is 4. The van der Waals surface area contributed by atoms with Crippen LogP contribution in [0.1, 0.15) is 141 Å². The molecule has 3 heterocycles. The molecule has 0 saturated heterocycles. The summed E-state index contributed by atoms with van der Waals surface area (Å²) >= 11 is 18.5. The quantitative estimate of drug-likeness (QED) is 0.0772. The molecule has 0 radical (unpaired) electrons. The minimum absolute atomic E-state index is 0. The van der Waals surface area contributed by atoms with Crippen molar-refractivity contribution in [2.24, 2.45) is 0 Å². The molecule has 3 aromatic carbocycles. The monoisotopic (exact) mass is 1100 g/mol. The Morgan fingerprint density at radius 1 is 0.566 bits per heavy atom. The molecular weight excluding hydrogens is 1030 g/mol. The molecule has 0 fully saturated rings. The molecule has 0 aliphatic rings. The number of aryl methyl sites for hydroxylation is 1. The molecule has 12 nitrogen and oxygen atoms in total. The third kappa shape index (κ3) is 20.0. The summed E-state index contributed by atoms with van der Waals surface area (Å²) < 4.78 is 32.3. The first-order valence-electron chi connectivity index (χ1n) is 24.6. The molecule has 0 N–H and O–H groups in total. The van der Waals surface area contributed by atoms with Crippen molar-refractivity contribution >= 4 is 47.0 Å². The first-order valence-corrected chi connectivity index (χ1v) is 25.8. The minimum Gasteiger partial charge on any atom is -0.489 e. The SMILES string of the molecule is C.CC(C)(C)n1ncc(C#Cc2ccc(COCCF)cc2)c(Cl)c1=O.CCCOCc1ccc(/C=C/c2cnn(C(C)(C)C)c(=O)c2Cl)cc1.CCc1ccc(C#CCCOc2cnn(C(C)(C)C)c(=O)c2Cl)cc1. The van der Waals surface area contributed by atoms with E-state index in [-0.39, 0.29) is 45.8 Å². The zero-order valence-corrected chi connectivity index (χ0v) is 47.1. The predicted molar refractivity (Wildman–Crippen MR) is 308 cm³/mol. The first kappa shape index (κ1) is 64.0. The third-order valence-corrected chi connectivity index (χ3v) is 11.7. The molecule has 6 aromatic rings. The van der Waals surface area contributed by atoms with Crippen molar-refractivity contribution in [1.29, 1.82) is 0 Å². The van der Waals surface area contributed by atoms with Gasteiger partial charge < -0.3 is 14.2 Å². The summed E-state index contributed by atoms with van der Waals surface area (Å²) in [6.45, 7) is 23.0. The number of rotatable bonds is 14. The average molecular weight is 1100 g/mol. The molecule has 0 unspecified atom stereocenters. The number of aromatic nitrogens is 6. The minimum atomic E-state index is -0.494. The van der Waals surface area contributed by atoms with Gasteiger partial charge in [-0.3, -0.25) is 14.4 Å². The van der Waals surface area contributed by atoms with Gasteiger partial charge in [-0.2, -0.15) is 15.3 Å². The van der Waals surface area contributed by atoms with E-state index in [1.165, 1.54) is 32.0 Å². The molecular formula is C60H72Cl3FN6O6. The second-order valence-corrected chi connectivity index (χ2v) is 21.2. The Kier molecular flexibility index (Phi) is 25.6. The van der Waals surface area contributed by atoms with Crippen molar-refractivity contribution in [3.8, 4) is 29.4 Å². The smallest absolute Gasteiger partial charge is 0.289 e. The van der Waals surface area contributed by atoms with Crippen LogP contribution < -0.4 is 21.4 Å². The second-order valence-electron chi connectivity index (χ2n) is 20.0. The summed E-state index contributed by atoms with van der Waals surface area (Å²) in [6.07, 6.45) is 10.9. The van der Waals surface area contributed by atoms with Gasteiger partial charge in [-0.1, -0.05) is 140 Å². The van der Waals surface area contributed by atoms with E-state index in [1.54, 1.807) is 6.20 Å². The van der Waals surface area contributed by atoms with Crippen molar-refractivity contribution in [3.63, 3.8) is 0 Å². The topological polar surface area (TPSA) is 132 Å². The Labute approximate surface area is 463 Å². The normalized spacial score (nSPS) is 11.2. The zero-order valence-electron chi connectivity index (χ0n) is 44.8. The highest BCUT2D eigenvalue weighted by Gasteiger charge is 2.21. The van der Waals surface area contributed by atoms with Crippen molar-refractivity contribution in [1.82, 2.24) is 29.3 Å². The van der Waals surface area contributed by atoms with E-state index in [1.807, 2.05) is 135 Å². The molecule has 0 saturated carbocycles. The summed E-state index contributed by atoms with van der Waals surface area (Å²) in [4.78, 5) is 36.8. The van der Waals surface area contributed by atoms with Crippen LogP contribution in [-0.2, 0) is 45.7 Å². The van der Waals surface area contributed by atoms with Crippen LogP contribution in [0.5, 0.6) is 5.75 Å². The highest BCUT2D eigenvalue weighted by atomic mass is 35.5. The molecule has 76 heavy (non-hydrogen) atoms. The van der Waals surface area contributed by atoms with E-state index in [0.29, 0.717) is 43.1 Å². The van der Waals surface area contributed by atoms with E-state index in [9.17, 15) is 18.8 Å². The Bertz CT molecular complexity index is 3150. The summed E-state index contributed by atoms with van der Waals surface area (Å²) in [5, 5.41) is 12.8. The summed E-state index contributed by atoms with van der Waals surface area (Å²) in [5.41, 5.74) is 4.86. The standard InChI is InChI=1S/C20H25ClN2O2.C20H23ClN2O2.C19H20ClFN2O2.CH4/c1-5-12-25-14-16-8-6-15(7-9-16)10-11-17-13-22-23(20(2,3)4)19(24)18(17)21;1-5-15-9-11-16(12-10-15)8-6-7-13-25-17-14-22-23(20(2,3)4)19(24)18(17)21;1-19(2,3)23-18(24)17(20)16(12-22-23)9-8-14-4-6-15(7-5-14)13-25-11-10-21;/h6-11,13H,5,12,14H2,1-4H3;9-12,14H,5,7,13H2,1-4H3;4-7,12H,10-11,13H2,1-3H3;1H4/b11-10+;;;. The van der Waals surface area contributed by atoms with Gasteiger partial charge in [0.2, 0.25) is 0 Å². The van der Waals surface area contributed by atoms with Crippen LogP contribution in [0.3, 0.4) is 0 Å². The van der Waals surface area contributed by atoms with Crippen LogP contribution in [0, 0.1) is 23.7 Å². The van der Waals surface area contributed by atoms with Crippen molar-refractivity contribution in [3.05, 3.63) is 182 Å². The largest absolute Gasteiger partial charge is 0.489 e. The fourth-order valence-electron chi connectivity index (χ4n) is 6.55. The van der Waals surface area contributed by atoms with Crippen molar-refractivity contribution in [2.75, 3.05) is 26.5 Å². The highest BCUT2D eigenvalue weighted by molar-refractivity contribution is 6.32. The Morgan fingerprint density at radius 2 is 1.04 bits per heavy atom. The molecule has 0 aliphatic heterocycles. The Hall–Kier alpha value is -6.32. The zero-order chi connectivity index (χ0) is 55.3. The first-order chi connectivity index (χ1) is 35.5. The lowest BCUT2D eigenvalue weighted by Crippen LogP contribution is -2.36. The van der Waals surface area contributed by atoms with Gasteiger partial charge in [0.05, 0.1) is 67.2 Å². The van der Waals surface area contributed by atoms with Gasteiger partial charge in [-0.05, 0) is 122 Å². The molecule has 406 valence electrons. The maximum atomic E-state index is 12.3. The maximum absolute atomic E-state index is 12.3. The van der Waals surface area contributed by atoms with Crippen LogP contribution >= 0.6 is 34.8 Å². The Morgan fingerprint density at radius 3 is 1.57 bits per heavy atom. The van der Waals surface area contributed by atoms with E-state index in [4.69, 9.17) is 49.0 Å². The van der Waals surface area contributed by atoms with E-state index < -0.39 is 23.3 Å². The molecule has 0 bridgehead atoms. The summed E-state index contributed by atoms with van der Waals surface area (Å²) in [7, 11) is 0. The van der Waals surface area contributed by atoms with Crippen LogP contribution in [0.4, 0.5) is 4.39 Å². The van der Waals surface area contributed by atoms with Crippen LogP contribution in [0.15, 0.2) is 106 Å². The number of nitrogens with zero attached hydrogens (tertiary/aromatic N) is 6. The Balaban J connectivity index is 0.000000298. The predicted octanol–water partition coefficient (Wildman–Crippen LogP) is 13.0. The maximum Gasteiger partial charge on any atom is 0.289 e. The van der Waals surface area contributed by atoms with Crippen LogP contribution in [-0.4, -0.2) is 55.8 Å². The van der Waals surface area contributed by atoms with Gasteiger partial charge in [0, 0.05) is 29.7 Å². The lowest BCUT2D eigenvalue weighted by molar-refractivity contribution is 0.106. The van der Waals surface area contributed by atoms with Gasteiger partial charge in [0.1, 0.15) is 16.7 Å². The van der Waals surface area contributed by atoms with Crippen molar-refractivity contribution < 1.29 is 18.6 Å². The molecule has 0 atom stereocenters. The highest BCUT2D eigenvalue weighted by Crippen LogP contribution is 2.22. The lowest BCUT2D eigenvalue weighted by atomic mass is 10.1. The lowest BCUT2D eigenvalue weighted by Gasteiger charge is -2.21. The average Bonchev–Trinajstić information content (AvgIpc) is 3.36. The van der Waals surface area contributed by atoms with Gasteiger partial charge in [-0.15, -0.1) is 0 Å². The summed E-state index contributed by atoms with van der Waals surface area (Å²) in [5.74, 6) is 12.3. The van der Waals surface area contributed by atoms with Crippen LogP contribution in [0.2, 0.25) is 15.1 Å². The van der Waals surface area contributed by atoms with E-state index >= 15 is 0 Å². The number of ether oxygens (including phenoxy) is 3. The third-order valence-electron chi connectivity index (χ3n) is 10.6. The fraction of sp³-hybridized carbons (Fsp3) is 0.400. The number of hydrogen-bond acceptors (Lipinski definition) is 9. The second kappa shape index (κ2) is 30.4.